The first kappa shape index (κ1) is 20.9. The summed E-state index contributed by atoms with van der Waals surface area (Å²) in [7, 11) is 1.81. The topological polar surface area (TPSA) is 54.9 Å². The van der Waals surface area contributed by atoms with E-state index in [1.807, 2.05) is 19.2 Å². The van der Waals surface area contributed by atoms with E-state index in [1.54, 1.807) is 5.57 Å². The minimum atomic E-state index is 0. The van der Waals surface area contributed by atoms with Crippen LogP contribution in [0.4, 0.5) is 0 Å². The minimum Gasteiger partial charge on any atom is -0.490 e. The van der Waals surface area contributed by atoms with E-state index in [9.17, 15) is 0 Å². The molecule has 0 aromatic heterocycles. The van der Waals surface area contributed by atoms with Crippen molar-refractivity contribution in [2.24, 2.45) is 4.99 Å². The standard InChI is InChI=1S/C20H29N3O2.HI/c1-21-20(22-11-10-16-6-3-2-4-7-16)23-15-17-8-9-18-19(14-17)25-13-5-12-24-18;/h6,8-9,14H,2-5,7,10-13,15H2,1H3,(H2,21,22,23);1H. The molecule has 0 bridgehead atoms. The van der Waals surface area contributed by atoms with Crippen molar-refractivity contribution in [2.75, 3.05) is 26.8 Å². The van der Waals surface area contributed by atoms with Crippen LogP contribution >= 0.6 is 24.0 Å². The number of benzene rings is 1. The SMILES string of the molecule is CN=C(NCCC1=CCCCC1)NCc1ccc2c(c1)OCCCO2.I. The van der Waals surface area contributed by atoms with Gasteiger partial charge in [0.2, 0.25) is 0 Å². The van der Waals surface area contributed by atoms with Gasteiger partial charge in [0.05, 0.1) is 13.2 Å². The summed E-state index contributed by atoms with van der Waals surface area (Å²) in [6, 6.07) is 6.11. The molecule has 26 heavy (non-hydrogen) atoms. The van der Waals surface area contributed by atoms with Gasteiger partial charge in [-0.3, -0.25) is 4.99 Å². The molecule has 0 unspecified atom stereocenters. The third-order valence-electron chi connectivity index (χ3n) is 4.62. The molecule has 0 saturated heterocycles. The molecule has 0 atom stereocenters. The Morgan fingerprint density at radius 2 is 1.92 bits per heavy atom. The fraction of sp³-hybridized carbons (Fsp3) is 0.550. The van der Waals surface area contributed by atoms with E-state index >= 15 is 0 Å². The predicted octanol–water partition coefficient (Wildman–Crippen LogP) is 4.02. The van der Waals surface area contributed by atoms with Crippen molar-refractivity contribution < 1.29 is 9.47 Å². The fourth-order valence-corrected chi connectivity index (χ4v) is 3.20. The summed E-state index contributed by atoms with van der Waals surface area (Å²) >= 11 is 0. The number of fused-ring (bicyclic) bond motifs is 1. The average Bonchev–Trinajstić information content (AvgIpc) is 2.90. The van der Waals surface area contributed by atoms with Crippen molar-refractivity contribution in [2.45, 2.75) is 45.1 Å². The molecule has 0 radical (unpaired) electrons. The number of allylic oxidation sites excluding steroid dienone is 1. The minimum absolute atomic E-state index is 0. The molecule has 1 aliphatic carbocycles. The van der Waals surface area contributed by atoms with Gasteiger partial charge in [-0.1, -0.05) is 17.7 Å². The quantitative estimate of drug-likeness (QED) is 0.295. The Bertz CT molecular complexity index is 631. The van der Waals surface area contributed by atoms with Crippen LogP contribution in [0.1, 0.15) is 44.1 Å². The predicted molar refractivity (Wildman–Crippen MR) is 117 cm³/mol. The molecular weight excluding hydrogens is 441 g/mol. The van der Waals surface area contributed by atoms with E-state index in [2.05, 4.69) is 27.8 Å². The van der Waals surface area contributed by atoms with Crippen LogP contribution < -0.4 is 20.1 Å². The monoisotopic (exact) mass is 471 g/mol. The van der Waals surface area contributed by atoms with Crippen LogP contribution in [0, 0.1) is 0 Å². The number of hydrogen-bond donors (Lipinski definition) is 2. The molecule has 1 aliphatic heterocycles. The Morgan fingerprint density at radius 1 is 1.08 bits per heavy atom. The Morgan fingerprint density at radius 3 is 2.69 bits per heavy atom. The molecule has 0 amide bonds. The number of rotatable bonds is 5. The van der Waals surface area contributed by atoms with Gasteiger partial charge in [-0.15, -0.1) is 24.0 Å². The summed E-state index contributed by atoms with van der Waals surface area (Å²) in [5.41, 5.74) is 2.74. The van der Waals surface area contributed by atoms with Crippen LogP contribution in [0.2, 0.25) is 0 Å². The highest BCUT2D eigenvalue weighted by atomic mass is 127. The lowest BCUT2D eigenvalue weighted by atomic mass is 9.97. The zero-order chi connectivity index (χ0) is 17.3. The lowest BCUT2D eigenvalue weighted by molar-refractivity contribution is 0.297. The Hall–Kier alpha value is -1.44. The molecule has 3 rings (SSSR count). The molecule has 2 aliphatic rings. The molecule has 1 aromatic rings. The second-order valence-electron chi connectivity index (χ2n) is 6.54. The largest absolute Gasteiger partial charge is 0.490 e. The molecular formula is C20H30IN3O2. The van der Waals surface area contributed by atoms with Gasteiger partial charge in [0.25, 0.3) is 0 Å². The van der Waals surface area contributed by atoms with Crippen LogP contribution in [-0.2, 0) is 6.54 Å². The summed E-state index contributed by atoms with van der Waals surface area (Å²) in [4.78, 5) is 4.31. The molecule has 1 heterocycles. The van der Waals surface area contributed by atoms with Crippen LogP contribution in [-0.4, -0.2) is 32.8 Å². The van der Waals surface area contributed by atoms with Gasteiger partial charge in [-0.05, 0) is 49.8 Å². The van der Waals surface area contributed by atoms with Crippen LogP contribution in [0.5, 0.6) is 11.5 Å². The molecule has 2 N–H and O–H groups in total. The highest BCUT2D eigenvalue weighted by molar-refractivity contribution is 14.0. The van der Waals surface area contributed by atoms with Gasteiger partial charge >= 0.3 is 0 Å². The first-order valence-corrected chi connectivity index (χ1v) is 9.36. The van der Waals surface area contributed by atoms with Crippen molar-refractivity contribution in [1.29, 1.82) is 0 Å². The van der Waals surface area contributed by atoms with Crippen molar-refractivity contribution in [1.82, 2.24) is 10.6 Å². The maximum absolute atomic E-state index is 5.75. The number of ether oxygens (including phenoxy) is 2. The zero-order valence-corrected chi connectivity index (χ0v) is 17.9. The second kappa shape index (κ2) is 11.3. The van der Waals surface area contributed by atoms with Crippen LogP contribution in [0.3, 0.4) is 0 Å². The van der Waals surface area contributed by atoms with E-state index in [4.69, 9.17) is 9.47 Å². The summed E-state index contributed by atoms with van der Waals surface area (Å²) < 4.78 is 11.4. The molecule has 144 valence electrons. The van der Waals surface area contributed by atoms with E-state index in [-0.39, 0.29) is 24.0 Å². The van der Waals surface area contributed by atoms with Gasteiger partial charge in [0.15, 0.2) is 17.5 Å². The second-order valence-corrected chi connectivity index (χ2v) is 6.54. The Labute approximate surface area is 173 Å². The molecule has 6 heteroatoms. The number of nitrogens with zero attached hydrogens (tertiary/aromatic N) is 1. The molecule has 5 nitrogen and oxygen atoms in total. The van der Waals surface area contributed by atoms with Gasteiger partial charge < -0.3 is 20.1 Å². The molecule has 0 saturated carbocycles. The van der Waals surface area contributed by atoms with Crippen molar-refractivity contribution in [3.63, 3.8) is 0 Å². The van der Waals surface area contributed by atoms with Gasteiger partial charge in [-0.2, -0.15) is 0 Å². The maximum Gasteiger partial charge on any atom is 0.191 e. The van der Waals surface area contributed by atoms with E-state index in [0.29, 0.717) is 13.2 Å². The molecule has 1 aromatic carbocycles. The summed E-state index contributed by atoms with van der Waals surface area (Å²) in [6.45, 7) is 3.06. The lowest BCUT2D eigenvalue weighted by Crippen LogP contribution is -2.37. The van der Waals surface area contributed by atoms with Gasteiger partial charge in [0.1, 0.15) is 0 Å². The number of guanidine groups is 1. The summed E-state index contributed by atoms with van der Waals surface area (Å²) in [5.74, 6) is 2.51. The van der Waals surface area contributed by atoms with Crippen molar-refractivity contribution >= 4 is 29.9 Å². The van der Waals surface area contributed by atoms with Crippen molar-refractivity contribution in [3.8, 4) is 11.5 Å². The number of nitrogens with one attached hydrogen (secondary N) is 2. The van der Waals surface area contributed by atoms with Gasteiger partial charge in [-0.25, -0.2) is 0 Å². The number of aliphatic imine (C=N–C) groups is 1. The van der Waals surface area contributed by atoms with E-state index < -0.39 is 0 Å². The lowest BCUT2D eigenvalue weighted by Gasteiger charge is -2.15. The third kappa shape index (κ3) is 6.37. The van der Waals surface area contributed by atoms with Crippen molar-refractivity contribution in [3.05, 3.63) is 35.4 Å². The average molecular weight is 471 g/mol. The Kier molecular flexibility index (Phi) is 9.08. The van der Waals surface area contributed by atoms with Crippen LogP contribution in [0.25, 0.3) is 0 Å². The fourth-order valence-electron chi connectivity index (χ4n) is 3.20. The first-order valence-electron chi connectivity index (χ1n) is 9.36. The number of halogens is 1. The van der Waals surface area contributed by atoms with E-state index in [1.165, 1.54) is 25.7 Å². The van der Waals surface area contributed by atoms with Crippen LogP contribution in [0.15, 0.2) is 34.8 Å². The van der Waals surface area contributed by atoms with E-state index in [0.717, 1.165) is 49.0 Å². The number of hydrogen-bond acceptors (Lipinski definition) is 3. The highest BCUT2D eigenvalue weighted by Crippen LogP contribution is 2.30. The first-order chi connectivity index (χ1) is 12.3. The zero-order valence-electron chi connectivity index (χ0n) is 15.6. The smallest absolute Gasteiger partial charge is 0.191 e. The maximum atomic E-state index is 5.75. The molecule has 0 fully saturated rings. The third-order valence-corrected chi connectivity index (χ3v) is 4.62. The Balaban J connectivity index is 0.00000243. The van der Waals surface area contributed by atoms with Gasteiger partial charge in [0, 0.05) is 26.6 Å². The highest BCUT2D eigenvalue weighted by Gasteiger charge is 2.11. The normalized spacial score (nSPS) is 16.8. The summed E-state index contributed by atoms with van der Waals surface area (Å²) in [5, 5.41) is 6.77. The summed E-state index contributed by atoms with van der Waals surface area (Å²) in [6.07, 6.45) is 9.61. The molecule has 0 spiro atoms.